The highest BCUT2D eigenvalue weighted by molar-refractivity contribution is 7.08. The molecule has 0 aliphatic heterocycles. The van der Waals surface area contributed by atoms with Crippen LogP contribution in [0.25, 0.3) is 0 Å². The lowest BCUT2D eigenvalue weighted by Crippen LogP contribution is -2.28. The maximum absolute atomic E-state index is 13.5. The van der Waals surface area contributed by atoms with E-state index in [4.69, 9.17) is 5.84 Å². The summed E-state index contributed by atoms with van der Waals surface area (Å²) in [5.41, 5.74) is 5.24. The van der Waals surface area contributed by atoms with Gasteiger partial charge in [-0.15, -0.1) is 0 Å². The first-order valence-electron chi connectivity index (χ1n) is 4.96. The van der Waals surface area contributed by atoms with Gasteiger partial charge in [0.15, 0.2) is 0 Å². The van der Waals surface area contributed by atoms with E-state index in [2.05, 4.69) is 5.43 Å². The minimum Gasteiger partial charge on any atom is -0.271 e. The average molecular weight is 236 g/mol. The minimum atomic E-state index is -0.201. The zero-order valence-corrected chi connectivity index (χ0v) is 9.72. The molecule has 2 rings (SSSR count). The van der Waals surface area contributed by atoms with Crippen molar-refractivity contribution in [1.82, 2.24) is 5.43 Å². The van der Waals surface area contributed by atoms with Crippen molar-refractivity contribution in [3.8, 4) is 0 Å². The summed E-state index contributed by atoms with van der Waals surface area (Å²) >= 11 is 1.60. The Labute approximate surface area is 97.9 Å². The molecule has 84 valence electrons. The summed E-state index contributed by atoms with van der Waals surface area (Å²) in [6, 6.07) is 7.01. The molecule has 4 heteroatoms. The maximum atomic E-state index is 13.5. The molecule has 0 fully saturated rings. The van der Waals surface area contributed by atoms with E-state index in [1.807, 2.05) is 22.9 Å². The van der Waals surface area contributed by atoms with E-state index in [0.717, 1.165) is 11.1 Å². The molecule has 0 spiro atoms. The quantitative estimate of drug-likeness (QED) is 0.635. The lowest BCUT2D eigenvalue weighted by atomic mass is 10.0. The van der Waals surface area contributed by atoms with E-state index >= 15 is 0 Å². The number of hydrogen-bond acceptors (Lipinski definition) is 3. The Kier molecular flexibility index (Phi) is 3.33. The number of nitrogens with one attached hydrogen (secondary N) is 1. The van der Waals surface area contributed by atoms with Crippen molar-refractivity contribution >= 4 is 11.3 Å². The van der Waals surface area contributed by atoms with Gasteiger partial charge in [-0.25, -0.2) is 9.82 Å². The van der Waals surface area contributed by atoms with Gasteiger partial charge in [0.25, 0.3) is 0 Å². The van der Waals surface area contributed by atoms with Crippen LogP contribution >= 0.6 is 11.3 Å². The Bertz CT molecular complexity index is 468. The molecule has 2 aromatic rings. The molecule has 2 nitrogen and oxygen atoms in total. The summed E-state index contributed by atoms with van der Waals surface area (Å²) in [6.07, 6.45) is 0. The Morgan fingerprint density at radius 2 is 2.12 bits per heavy atom. The Morgan fingerprint density at radius 1 is 1.31 bits per heavy atom. The number of thiophene rings is 1. The van der Waals surface area contributed by atoms with Crippen molar-refractivity contribution < 1.29 is 4.39 Å². The van der Waals surface area contributed by atoms with Crippen molar-refractivity contribution in [2.75, 3.05) is 0 Å². The molecule has 1 aromatic carbocycles. The summed E-state index contributed by atoms with van der Waals surface area (Å²) in [7, 11) is 0. The second-order valence-electron chi connectivity index (χ2n) is 3.66. The number of benzene rings is 1. The van der Waals surface area contributed by atoms with E-state index in [1.165, 1.54) is 6.07 Å². The minimum absolute atomic E-state index is 0.152. The fourth-order valence-corrected chi connectivity index (χ4v) is 2.30. The van der Waals surface area contributed by atoms with Crippen LogP contribution in [0.4, 0.5) is 4.39 Å². The fraction of sp³-hybridized carbons (Fsp3) is 0.167. The maximum Gasteiger partial charge on any atom is 0.126 e. The third-order valence-electron chi connectivity index (χ3n) is 2.57. The van der Waals surface area contributed by atoms with Gasteiger partial charge in [0.05, 0.1) is 6.04 Å². The molecule has 1 atom stereocenters. The monoisotopic (exact) mass is 236 g/mol. The van der Waals surface area contributed by atoms with Crippen LogP contribution in [0.1, 0.15) is 22.7 Å². The normalized spacial score (nSPS) is 12.7. The zero-order valence-electron chi connectivity index (χ0n) is 8.91. The molecular weight excluding hydrogens is 223 g/mol. The number of halogens is 1. The summed E-state index contributed by atoms with van der Waals surface area (Å²) in [6.45, 7) is 1.74. The first kappa shape index (κ1) is 11.3. The Balaban J connectivity index is 2.37. The fourth-order valence-electron chi connectivity index (χ4n) is 1.61. The second kappa shape index (κ2) is 4.74. The molecule has 0 saturated heterocycles. The van der Waals surface area contributed by atoms with Gasteiger partial charge in [-0.2, -0.15) is 11.3 Å². The molecular formula is C12H13FN2S. The van der Waals surface area contributed by atoms with Crippen LogP contribution in [0.3, 0.4) is 0 Å². The van der Waals surface area contributed by atoms with Crippen LogP contribution in [-0.2, 0) is 0 Å². The molecule has 0 saturated carbocycles. The van der Waals surface area contributed by atoms with Crippen molar-refractivity contribution in [2.45, 2.75) is 13.0 Å². The van der Waals surface area contributed by atoms with Gasteiger partial charge in [0, 0.05) is 0 Å². The van der Waals surface area contributed by atoms with Gasteiger partial charge in [-0.05, 0) is 46.5 Å². The van der Waals surface area contributed by atoms with Crippen LogP contribution in [-0.4, -0.2) is 0 Å². The van der Waals surface area contributed by atoms with Gasteiger partial charge in [0.2, 0.25) is 0 Å². The van der Waals surface area contributed by atoms with Crippen molar-refractivity contribution in [1.29, 1.82) is 0 Å². The van der Waals surface area contributed by atoms with Crippen LogP contribution in [0.15, 0.2) is 35.0 Å². The van der Waals surface area contributed by atoms with E-state index in [1.54, 1.807) is 24.3 Å². The van der Waals surface area contributed by atoms with Crippen LogP contribution in [0, 0.1) is 12.7 Å². The molecule has 0 amide bonds. The van der Waals surface area contributed by atoms with E-state index < -0.39 is 0 Å². The number of hydrogen-bond donors (Lipinski definition) is 2. The van der Waals surface area contributed by atoms with Gasteiger partial charge in [-0.3, -0.25) is 5.84 Å². The van der Waals surface area contributed by atoms with Crippen LogP contribution < -0.4 is 11.3 Å². The Hall–Kier alpha value is -1.23. The molecule has 0 bridgehead atoms. The number of hydrazine groups is 1. The SMILES string of the molecule is Cc1ccc(C(NN)c2ccsc2)cc1F. The lowest BCUT2D eigenvalue weighted by molar-refractivity contribution is 0.599. The highest BCUT2D eigenvalue weighted by Gasteiger charge is 2.13. The van der Waals surface area contributed by atoms with E-state index in [-0.39, 0.29) is 11.9 Å². The van der Waals surface area contributed by atoms with E-state index in [9.17, 15) is 4.39 Å². The first-order chi connectivity index (χ1) is 7.72. The summed E-state index contributed by atoms with van der Waals surface area (Å²) in [5.74, 6) is 5.32. The van der Waals surface area contributed by atoms with Crippen molar-refractivity contribution in [2.24, 2.45) is 5.84 Å². The highest BCUT2D eigenvalue weighted by Crippen LogP contribution is 2.24. The van der Waals surface area contributed by atoms with E-state index in [0.29, 0.717) is 5.56 Å². The molecule has 0 aliphatic rings. The number of rotatable bonds is 3. The van der Waals surface area contributed by atoms with Gasteiger partial charge in [0.1, 0.15) is 5.82 Å². The van der Waals surface area contributed by atoms with Crippen LogP contribution in [0.2, 0.25) is 0 Å². The summed E-state index contributed by atoms with van der Waals surface area (Å²) < 4.78 is 13.5. The molecule has 1 heterocycles. The second-order valence-corrected chi connectivity index (χ2v) is 4.45. The molecule has 16 heavy (non-hydrogen) atoms. The lowest BCUT2D eigenvalue weighted by Gasteiger charge is -2.15. The number of nitrogens with two attached hydrogens (primary N) is 1. The van der Waals surface area contributed by atoms with Crippen molar-refractivity contribution in [3.05, 3.63) is 57.5 Å². The number of aryl methyl sites for hydroxylation is 1. The molecule has 0 radical (unpaired) electrons. The largest absolute Gasteiger partial charge is 0.271 e. The molecule has 0 aliphatic carbocycles. The summed E-state index contributed by atoms with van der Waals surface area (Å²) in [4.78, 5) is 0. The predicted octanol–water partition coefficient (Wildman–Crippen LogP) is 2.75. The summed E-state index contributed by atoms with van der Waals surface area (Å²) in [5, 5.41) is 3.98. The predicted molar refractivity (Wildman–Crippen MR) is 64.6 cm³/mol. The first-order valence-corrected chi connectivity index (χ1v) is 5.91. The van der Waals surface area contributed by atoms with Crippen LogP contribution in [0.5, 0.6) is 0 Å². The van der Waals surface area contributed by atoms with Gasteiger partial charge >= 0.3 is 0 Å². The third-order valence-corrected chi connectivity index (χ3v) is 3.27. The standard InChI is InChI=1S/C12H13FN2S/c1-8-2-3-9(6-11(8)13)12(15-14)10-4-5-16-7-10/h2-7,12,15H,14H2,1H3. The third kappa shape index (κ3) is 2.14. The average Bonchev–Trinajstić information content (AvgIpc) is 2.78. The smallest absolute Gasteiger partial charge is 0.126 e. The highest BCUT2D eigenvalue weighted by atomic mass is 32.1. The van der Waals surface area contributed by atoms with Crippen molar-refractivity contribution in [3.63, 3.8) is 0 Å². The Morgan fingerprint density at radius 3 is 2.69 bits per heavy atom. The molecule has 3 N–H and O–H groups in total. The molecule has 1 unspecified atom stereocenters. The van der Waals surface area contributed by atoms with Gasteiger partial charge < -0.3 is 0 Å². The van der Waals surface area contributed by atoms with Gasteiger partial charge in [-0.1, -0.05) is 12.1 Å². The zero-order chi connectivity index (χ0) is 11.5. The molecule has 1 aromatic heterocycles. The topological polar surface area (TPSA) is 38.0 Å².